The zero-order valence-corrected chi connectivity index (χ0v) is 15.9. The number of aromatic amines is 2. The molecule has 2 amide bonds. The molecule has 9 nitrogen and oxygen atoms in total. The van der Waals surface area contributed by atoms with Crippen molar-refractivity contribution in [3.63, 3.8) is 0 Å². The number of nitrogens with zero attached hydrogens (tertiary/aromatic N) is 2. The van der Waals surface area contributed by atoms with Crippen LogP contribution in [0.3, 0.4) is 0 Å². The molecule has 0 spiro atoms. The summed E-state index contributed by atoms with van der Waals surface area (Å²) in [5.74, 6) is -0.561. The summed E-state index contributed by atoms with van der Waals surface area (Å²) in [6.45, 7) is 0.469. The lowest BCUT2D eigenvalue weighted by molar-refractivity contribution is -0.127. The smallest absolute Gasteiger partial charge is 0.253 e. The van der Waals surface area contributed by atoms with E-state index in [-0.39, 0.29) is 17.7 Å². The highest BCUT2D eigenvalue weighted by molar-refractivity contribution is 6.06. The molecule has 9 heteroatoms. The number of nitrogens with one attached hydrogen (secondary N) is 4. The summed E-state index contributed by atoms with van der Waals surface area (Å²) >= 11 is 0. The van der Waals surface area contributed by atoms with E-state index >= 15 is 0 Å². The van der Waals surface area contributed by atoms with Gasteiger partial charge in [-0.15, -0.1) is 0 Å². The molecule has 0 saturated heterocycles. The second-order valence-corrected chi connectivity index (χ2v) is 7.41. The number of hydrogen-bond donors (Lipinski definition) is 5. The van der Waals surface area contributed by atoms with Crippen molar-refractivity contribution in [2.45, 2.75) is 37.8 Å². The van der Waals surface area contributed by atoms with Crippen molar-refractivity contribution in [2.24, 2.45) is 5.92 Å². The number of aliphatic hydroxyl groups excluding tert-OH is 1. The van der Waals surface area contributed by atoms with Crippen molar-refractivity contribution < 1.29 is 14.7 Å². The third kappa shape index (κ3) is 4.29. The van der Waals surface area contributed by atoms with Gasteiger partial charge in [0.05, 0.1) is 29.6 Å². The van der Waals surface area contributed by atoms with Gasteiger partial charge in [0, 0.05) is 36.0 Å². The van der Waals surface area contributed by atoms with Crippen LogP contribution in [0.2, 0.25) is 0 Å². The van der Waals surface area contributed by atoms with E-state index in [0.717, 1.165) is 16.6 Å². The molecule has 2 heterocycles. The summed E-state index contributed by atoms with van der Waals surface area (Å²) in [7, 11) is 0. The van der Waals surface area contributed by atoms with Crippen LogP contribution in [-0.4, -0.2) is 56.0 Å². The molecule has 0 bridgehead atoms. The first kappa shape index (κ1) is 19.1. The number of fused-ring (bicyclic) bond motifs is 1. The van der Waals surface area contributed by atoms with E-state index in [0.29, 0.717) is 37.8 Å². The predicted octanol–water partition coefficient (Wildman–Crippen LogP) is 0.904. The Labute approximate surface area is 167 Å². The second-order valence-electron chi connectivity index (χ2n) is 7.41. The number of carbonyl (C=O) groups excluding carboxylic acids is 2. The largest absolute Gasteiger partial charge is 0.391 e. The summed E-state index contributed by atoms with van der Waals surface area (Å²) in [6.07, 6.45) is 4.70. The Hall–Kier alpha value is -3.20. The molecule has 1 saturated carbocycles. The quantitative estimate of drug-likeness (QED) is 0.422. The van der Waals surface area contributed by atoms with Gasteiger partial charge < -0.3 is 20.7 Å². The molecule has 152 valence electrons. The number of carbonyl (C=O) groups is 2. The fraction of sp³-hybridized carbons (Fsp3) is 0.400. The number of H-pyrrole nitrogens is 2. The Morgan fingerprint density at radius 1 is 1.24 bits per heavy atom. The van der Waals surface area contributed by atoms with E-state index in [2.05, 4.69) is 31.0 Å². The third-order valence-electron chi connectivity index (χ3n) is 5.48. The lowest BCUT2D eigenvalue weighted by Crippen LogP contribution is -2.49. The molecule has 3 aromatic rings. The molecule has 5 N–H and O–H groups in total. The van der Waals surface area contributed by atoms with Crippen molar-refractivity contribution >= 4 is 22.7 Å². The fourth-order valence-corrected chi connectivity index (χ4v) is 3.86. The zero-order valence-electron chi connectivity index (χ0n) is 15.9. The van der Waals surface area contributed by atoms with Gasteiger partial charge in [-0.2, -0.15) is 15.4 Å². The van der Waals surface area contributed by atoms with Gasteiger partial charge in [0.25, 0.3) is 5.91 Å². The van der Waals surface area contributed by atoms with Crippen LogP contribution in [0.15, 0.2) is 36.7 Å². The number of benzene rings is 1. The molecule has 0 unspecified atom stereocenters. The third-order valence-corrected chi connectivity index (χ3v) is 5.48. The maximum atomic E-state index is 12.8. The lowest BCUT2D eigenvalue weighted by atomic mass is 9.83. The second kappa shape index (κ2) is 8.44. The first-order valence-corrected chi connectivity index (χ1v) is 9.79. The molecule has 29 heavy (non-hydrogen) atoms. The van der Waals surface area contributed by atoms with E-state index in [1.807, 2.05) is 24.3 Å². The molecule has 1 fully saturated rings. The molecule has 0 aliphatic heterocycles. The molecule has 4 rings (SSSR count). The van der Waals surface area contributed by atoms with Gasteiger partial charge in [-0.3, -0.25) is 9.59 Å². The number of aliphatic hydroxyl groups is 1. The van der Waals surface area contributed by atoms with Gasteiger partial charge in [0.1, 0.15) is 0 Å². The first-order valence-electron chi connectivity index (χ1n) is 9.79. The van der Waals surface area contributed by atoms with Gasteiger partial charge in [-0.1, -0.05) is 18.2 Å². The van der Waals surface area contributed by atoms with Crippen LogP contribution in [-0.2, 0) is 11.2 Å². The highest BCUT2D eigenvalue weighted by atomic mass is 16.3. The molecule has 0 radical (unpaired) electrons. The molecule has 2 aromatic heterocycles. The highest BCUT2D eigenvalue weighted by Crippen LogP contribution is 2.26. The number of hydrogen-bond acceptors (Lipinski definition) is 5. The molecule has 3 atom stereocenters. The van der Waals surface area contributed by atoms with Gasteiger partial charge in [-0.05, 0) is 25.3 Å². The molecule has 1 aliphatic rings. The van der Waals surface area contributed by atoms with Crippen molar-refractivity contribution in [1.29, 1.82) is 0 Å². The van der Waals surface area contributed by atoms with Gasteiger partial charge >= 0.3 is 0 Å². The van der Waals surface area contributed by atoms with E-state index < -0.39 is 12.1 Å². The summed E-state index contributed by atoms with van der Waals surface area (Å²) in [4.78, 5) is 28.3. The average Bonchev–Trinajstić information content (AvgIpc) is 3.39. The fourth-order valence-electron chi connectivity index (χ4n) is 3.86. The summed E-state index contributed by atoms with van der Waals surface area (Å²) < 4.78 is 0. The maximum absolute atomic E-state index is 12.8. The molecule has 1 aromatic carbocycles. The van der Waals surface area contributed by atoms with Gasteiger partial charge in [-0.25, -0.2) is 0 Å². The highest BCUT2D eigenvalue weighted by Gasteiger charge is 2.34. The maximum Gasteiger partial charge on any atom is 0.253 e. The minimum absolute atomic E-state index is 0.0632. The number of amides is 2. The first-order chi connectivity index (χ1) is 14.1. The lowest BCUT2D eigenvalue weighted by Gasteiger charge is -2.33. The number of para-hydroxylation sites is 1. The summed E-state index contributed by atoms with van der Waals surface area (Å²) in [5, 5.41) is 27.2. The van der Waals surface area contributed by atoms with E-state index in [9.17, 15) is 14.7 Å². The van der Waals surface area contributed by atoms with Crippen molar-refractivity contribution in [2.75, 3.05) is 6.54 Å². The monoisotopic (exact) mass is 396 g/mol. The Morgan fingerprint density at radius 2 is 2.10 bits per heavy atom. The molecule has 1 aliphatic carbocycles. The van der Waals surface area contributed by atoms with Crippen molar-refractivity contribution in [1.82, 2.24) is 31.0 Å². The minimum Gasteiger partial charge on any atom is -0.391 e. The van der Waals surface area contributed by atoms with E-state index in [1.54, 1.807) is 12.4 Å². The van der Waals surface area contributed by atoms with Crippen LogP contribution in [0.5, 0.6) is 0 Å². The van der Waals surface area contributed by atoms with E-state index in [1.165, 1.54) is 0 Å². The van der Waals surface area contributed by atoms with Crippen LogP contribution in [0.1, 0.15) is 35.3 Å². The van der Waals surface area contributed by atoms with Crippen LogP contribution < -0.4 is 10.6 Å². The van der Waals surface area contributed by atoms with Gasteiger partial charge in [0.2, 0.25) is 5.91 Å². The Kier molecular flexibility index (Phi) is 5.57. The van der Waals surface area contributed by atoms with Gasteiger partial charge in [0.15, 0.2) is 0 Å². The number of rotatable bonds is 6. The van der Waals surface area contributed by atoms with Crippen molar-refractivity contribution in [3.05, 3.63) is 47.9 Å². The molecular formula is C20H24N6O3. The normalized spacial score (nSPS) is 21.8. The van der Waals surface area contributed by atoms with E-state index in [4.69, 9.17) is 0 Å². The Morgan fingerprint density at radius 3 is 2.93 bits per heavy atom. The minimum atomic E-state index is -0.664. The number of aromatic nitrogens is 4. The summed E-state index contributed by atoms with van der Waals surface area (Å²) in [5.41, 5.74) is 2.20. The summed E-state index contributed by atoms with van der Waals surface area (Å²) in [6, 6.07) is 7.10. The van der Waals surface area contributed by atoms with Crippen LogP contribution in [0.25, 0.3) is 10.9 Å². The predicted molar refractivity (Wildman–Crippen MR) is 106 cm³/mol. The molecular weight excluding hydrogens is 372 g/mol. The van der Waals surface area contributed by atoms with Crippen LogP contribution in [0, 0.1) is 5.92 Å². The topological polar surface area (TPSA) is 136 Å². The Balaban J connectivity index is 1.34. The van der Waals surface area contributed by atoms with Crippen LogP contribution in [0.4, 0.5) is 0 Å². The Bertz CT molecular complexity index is 983. The SMILES string of the molecule is O=C(N[C@@H]1C[C@@H](C(=O)NCCc2cn[nH]n2)CC[C@H]1O)c1c[nH]c2ccccc12. The van der Waals surface area contributed by atoms with Crippen LogP contribution >= 0.6 is 0 Å². The zero-order chi connectivity index (χ0) is 20.2. The standard InChI is InChI=1S/C20H24N6O3/c27-18-6-5-12(19(28)21-8-7-13-10-23-26-25-13)9-17(18)24-20(29)15-11-22-16-4-2-1-3-14(15)16/h1-4,10-12,17-18,22,27H,5-9H2,(H,21,28)(H,24,29)(H,23,25,26)/t12-,17+,18+/m0/s1. The van der Waals surface area contributed by atoms with Crippen molar-refractivity contribution in [3.8, 4) is 0 Å². The average molecular weight is 396 g/mol.